The summed E-state index contributed by atoms with van der Waals surface area (Å²) in [6, 6.07) is 12.6. The maximum Gasteiger partial charge on any atom is 0.0701 e. The average molecular weight is 294 g/mol. The van der Waals surface area contributed by atoms with Gasteiger partial charge in [0.25, 0.3) is 0 Å². The summed E-state index contributed by atoms with van der Waals surface area (Å²) in [5, 5.41) is 14.5. The Labute approximate surface area is 133 Å². The number of nitrogens with zero attached hydrogens (tertiary/aromatic N) is 1. The zero-order chi connectivity index (χ0) is 16.3. The lowest BCUT2D eigenvalue weighted by atomic mass is 9.82. The molecule has 2 aromatic carbocycles. The van der Waals surface area contributed by atoms with Gasteiger partial charge in [-0.05, 0) is 74.9 Å². The first kappa shape index (κ1) is 15.3. The topological polar surface area (TPSA) is 23.1 Å². The minimum Gasteiger partial charge on any atom is -0.135 e. The molecule has 3 rings (SSSR count). The predicted octanol–water partition coefficient (Wildman–Crippen LogP) is 5.10. The van der Waals surface area contributed by atoms with Crippen LogP contribution in [0.2, 0.25) is 0 Å². The van der Waals surface area contributed by atoms with Crippen LogP contribution in [-0.2, 0) is 16.3 Å². The lowest BCUT2D eigenvalue weighted by Gasteiger charge is -2.41. The van der Waals surface area contributed by atoms with Crippen LogP contribution in [0.5, 0.6) is 0 Å². The number of benzene rings is 2. The number of hydrogen-bond donors (Lipinski definition) is 0. The Morgan fingerprint density at radius 1 is 0.727 bits per heavy atom. The molecule has 0 saturated carbocycles. The van der Waals surface area contributed by atoms with E-state index < -0.39 is 11.1 Å². The number of hydrogen-bond acceptors (Lipinski definition) is 1. The van der Waals surface area contributed by atoms with E-state index in [-0.39, 0.29) is 0 Å². The van der Waals surface area contributed by atoms with Crippen molar-refractivity contribution in [2.45, 2.75) is 52.6 Å². The molecular weight excluding hydrogens is 270 g/mol. The van der Waals surface area contributed by atoms with E-state index in [4.69, 9.17) is 0 Å². The monoisotopic (exact) mass is 294 g/mol. The zero-order valence-electron chi connectivity index (χ0n) is 14.3. The van der Waals surface area contributed by atoms with Crippen LogP contribution >= 0.6 is 0 Å². The first-order valence-electron chi connectivity index (χ1n) is 7.87. The Kier molecular flexibility index (Phi) is 3.24. The summed E-state index contributed by atoms with van der Waals surface area (Å²) < 4.78 is 0. The van der Waals surface area contributed by atoms with Crippen LogP contribution in [-0.4, -0.2) is 5.06 Å². The van der Waals surface area contributed by atoms with Gasteiger partial charge in [-0.25, -0.2) is 0 Å². The van der Waals surface area contributed by atoms with Crippen LogP contribution in [0, 0.1) is 13.8 Å². The van der Waals surface area contributed by atoms with E-state index in [9.17, 15) is 5.21 Å². The summed E-state index contributed by atoms with van der Waals surface area (Å²) in [5.74, 6) is 0. The minimum atomic E-state index is -0.573. The van der Waals surface area contributed by atoms with Crippen LogP contribution in [0.3, 0.4) is 0 Å². The second-order valence-corrected chi connectivity index (χ2v) is 7.41. The summed E-state index contributed by atoms with van der Waals surface area (Å²) >= 11 is 0. The molecule has 0 fully saturated rings. The first-order chi connectivity index (χ1) is 10.2. The van der Waals surface area contributed by atoms with Crippen LogP contribution in [0.15, 0.2) is 36.4 Å². The molecule has 0 saturated heterocycles. The van der Waals surface area contributed by atoms with Gasteiger partial charge in [-0.15, -0.1) is 10.3 Å². The van der Waals surface area contributed by atoms with Gasteiger partial charge in [0.15, 0.2) is 0 Å². The van der Waals surface area contributed by atoms with Gasteiger partial charge in [-0.2, -0.15) is 0 Å². The van der Waals surface area contributed by atoms with E-state index >= 15 is 0 Å². The highest BCUT2D eigenvalue weighted by molar-refractivity contribution is 5.79. The fourth-order valence-corrected chi connectivity index (χ4v) is 3.94. The highest BCUT2D eigenvalue weighted by Gasteiger charge is 2.46. The second-order valence-electron chi connectivity index (χ2n) is 7.41. The third-order valence-corrected chi connectivity index (χ3v) is 5.13. The minimum absolute atomic E-state index is 0.573. The summed E-state index contributed by atoms with van der Waals surface area (Å²) in [6.07, 6.45) is 0. The van der Waals surface area contributed by atoms with E-state index in [0.717, 1.165) is 11.1 Å². The highest BCUT2D eigenvalue weighted by atomic mass is 16.5. The summed E-state index contributed by atoms with van der Waals surface area (Å²) in [5.41, 5.74) is 6.00. The summed E-state index contributed by atoms with van der Waals surface area (Å²) in [7, 11) is 0. The molecule has 115 valence electrons. The maximum absolute atomic E-state index is 13.3. The molecule has 0 atom stereocenters. The third kappa shape index (κ3) is 1.87. The first-order valence-corrected chi connectivity index (χ1v) is 7.87. The molecular formula is C20H24NO. The number of fused-ring (bicyclic) bond motifs is 3. The third-order valence-electron chi connectivity index (χ3n) is 5.13. The van der Waals surface area contributed by atoms with Gasteiger partial charge >= 0.3 is 0 Å². The highest BCUT2D eigenvalue weighted by Crippen LogP contribution is 2.50. The molecule has 22 heavy (non-hydrogen) atoms. The SMILES string of the molecule is Cc1cccc2c1-c1c(C)cccc1C(C)(C)N([O])C2(C)C. The van der Waals surface area contributed by atoms with Crippen molar-refractivity contribution >= 4 is 0 Å². The van der Waals surface area contributed by atoms with Gasteiger partial charge in [0.1, 0.15) is 0 Å². The van der Waals surface area contributed by atoms with Gasteiger partial charge in [-0.3, -0.25) is 0 Å². The van der Waals surface area contributed by atoms with E-state index in [1.165, 1.54) is 27.3 Å². The normalized spacial score (nSPS) is 19.2. The molecule has 1 aliphatic heterocycles. The van der Waals surface area contributed by atoms with Gasteiger partial charge in [0.2, 0.25) is 0 Å². The molecule has 1 heterocycles. The Morgan fingerprint density at radius 2 is 1.09 bits per heavy atom. The van der Waals surface area contributed by atoms with E-state index in [0.29, 0.717) is 0 Å². The van der Waals surface area contributed by atoms with Gasteiger partial charge in [-0.1, -0.05) is 36.4 Å². The van der Waals surface area contributed by atoms with Crippen LogP contribution < -0.4 is 0 Å². The second kappa shape index (κ2) is 4.68. The Bertz CT molecular complexity index is 680. The van der Waals surface area contributed by atoms with Gasteiger partial charge < -0.3 is 0 Å². The average Bonchev–Trinajstić information content (AvgIpc) is 2.50. The summed E-state index contributed by atoms with van der Waals surface area (Å²) in [6.45, 7) is 12.4. The molecule has 0 amide bonds. The molecule has 0 bridgehead atoms. The van der Waals surface area contributed by atoms with Crippen molar-refractivity contribution in [1.82, 2.24) is 5.06 Å². The Hall–Kier alpha value is -1.64. The van der Waals surface area contributed by atoms with E-state index in [1.807, 2.05) is 27.7 Å². The molecule has 0 spiro atoms. The quantitative estimate of drug-likeness (QED) is 0.663. The lowest BCUT2D eigenvalue weighted by molar-refractivity contribution is -0.278. The van der Waals surface area contributed by atoms with Crippen molar-refractivity contribution in [2.24, 2.45) is 0 Å². The Morgan fingerprint density at radius 3 is 1.45 bits per heavy atom. The molecule has 0 aromatic heterocycles. The molecule has 1 radical (unpaired) electrons. The zero-order valence-corrected chi connectivity index (χ0v) is 14.3. The van der Waals surface area contributed by atoms with E-state index in [1.54, 1.807) is 0 Å². The Balaban J connectivity index is 2.53. The molecule has 2 heteroatoms. The maximum atomic E-state index is 13.3. The molecule has 2 aromatic rings. The van der Waals surface area contributed by atoms with Crippen LogP contribution in [0.1, 0.15) is 49.9 Å². The van der Waals surface area contributed by atoms with Crippen LogP contribution in [0.4, 0.5) is 0 Å². The van der Waals surface area contributed by atoms with Crippen molar-refractivity contribution in [2.75, 3.05) is 0 Å². The smallest absolute Gasteiger partial charge is 0.0701 e. The molecule has 1 aliphatic rings. The van der Waals surface area contributed by atoms with Crippen molar-refractivity contribution in [3.63, 3.8) is 0 Å². The fraction of sp³-hybridized carbons (Fsp3) is 0.400. The van der Waals surface area contributed by atoms with Gasteiger partial charge in [0, 0.05) is 0 Å². The number of hydroxylamine groups is 2. The number of rotatable bonds is 0. The molecule has 0 N–H and O–H groups in total. The lowest BCUT2D eigenvalue weighted by Crippen LogP contribution is -2.48. The molecule has 2 nitrogen and oxygen atoms in total. The fourth-order valence-electron chi connectivity index (χ4n) is 3.94. The molecule has 0 unspecified atom stereocenters. The number of aryl methyl sites for hydroxylation is 2. The van der Waals surface area contributed by atoms with Crippen molar-refractivity contribution in [3.05, 3.63) is 58.7 Å². The molecule has 0 aliphatic carbocycles. The van der Waals surface area contributed by atoms with Crippen molar-refractivity contribution in [1.29, 1.82) is 0 Å². The van der Waals surface area contributed by atoms with Gasteiger partial charge in [0.05, 0.1) is 11.1 Å². The van der Waals surface area contributed by atoms with Crippen molar-refractivity contribution < 1.29 is 5.21 Å². The van der Waals surface area contributed by atoms with E-state index in [2.05, 4.69) is 50.2 Å². The van der Waals surface area contributed by atoms with Crippen LogP contribution in [0.25, 0.3) is 11.1 Å². The summed E-state index contributed by atoms with van der Waals surface area (Å²) in [4.78, 5) is 0. The largest absolute Gasteiger partial charge is 0.135 e. The van der Waals surface area contributed by atoms with Crippen molar-refractivity contribution in [3.8, 4) is 11.1 Å². The standard InChI is InChI=1S/C20H24NO/c1-13-9-7-11-15-17(13)18-14(2)10-8-12-16(18)20(5,6)21(22)19(15,3)4/h7-12H,1-6H3. The predicted molar refractivity (Wildman–Crippen MR) is 89.9 cm³/mol.